The molecule has 4 heteroatoms. The van der Waals surface area contributed by atoms with Crippen LogP contribution in [0, 0.1) is 0 Å². The third-order valence-electron chi connectivity index (χ3n) is 1.69. The van der Waals surface area contributed by atoms with Crippen LogP contribution < -0.4 is 4.57 Å². The van der Waals surface area contributed by atoms with E-state index in [1.807, 2.05) is 24.0 Å². The maximum absolute atomic E-state index is 8.44. The first kappa shape index (κ1) is 9.22. The van der Waals surface area contributed by atoms with Crippen LogP contribution in [0.3, 0.4) is 0 Å². The maximum atomic E-state index is 8.44. The van der Waals surface area contributed by atoms with Gasteiger partial charge in [0.05, 0.1) is 33.3 Å². The van der Waals surface area contributed by atoms with Crippen molar-refractivity contribution in [3.63, 3.8) is 0 Å². The normalized spacial score (nSPS) is 10.5. The molecule has 1 aromatic rings. The minimum atomic E-state index is 0.0941. The Bertz CT molecular complexity index is 223. The van der Waals surface area contributed by atoms with Crippen LogP contribution in [0.1, 0.15) is 5.82 Å². The van der Waals surface area contributed by atoms with E-state index in [0.717, 1.165) is 12.2 Å². The number of nitrogens with zero attached hydrogens (tertiary/aromatic N) is 1. The summed E-state index contributed by atoms with van der Waals surface area (Å²) >= 11 is 0. The molecule has 68 valence electrons. The number of H-pyrrole nitrogens is 1. The first-order valence-corrected chi connectivity index (χ1v) is 4.05. The van der Waals surface area contributed by atoms with Gasteiger partial charge >= 0.3 is 0 Å². The van der Waals surface area contributed by atoms with Crippen molar-refractivity contribution in [2.75, 3.05) is 19.8 Å². The van der Waals surface area contributed by atoms with Crippen molar-refractivity contribution in [1.29, 1.82) is 0 Å². The lowest BCUT2D eigenvalue weighted by Gasteiger charge is -1.98. The van der Waals surface area contributed by atoms with Gasteiger partial charge in [0.2, 0.25) is 0 Å². The fraction of sp³-hybridized carbons (Fsp3) is 0.625. The van der Waals surface area contributed by atoms with E-state index < -0.39 is 0 Å². The quantitative estimate of drug-likeness (QED) is 0.458. The van der Waals surface area contributed by atoms with Crippen LogP contribution in [0.15, 0.2) is 12.4 Å². The molecule has 0 unspecified atom stereocenters. The maximum Gasteiger partial charge on any atom is 0.256 e. The lowest BCUT2D eigenvalue weighted by Crippen LogP contribution is -2.31. The predicted octanol–water partition coefficient (Wildman–Crippen LogP) is -0.609. The molecule has 12 heavy (non-hydrogen) atoms. The third-order valence-corrected chi connectivity index (χ3v) is 1.69. The minimum absolute atomic E-state index is 0.0941. The molecule has 1 heterocycles. The van der Waals surface area contributed by atoms with Gasteiger partial charge in [0, 0.05) is 0 Å². The highest BCUT2D eigenvalue weighted by Crippen LogP contribution is 1.87. The van der Waals surface area contributed by atoms with E-state index >= 15 is 0 Å². The monoisotopic (exact) mass is 171 g/mol. The molecule has 0 aliphatic carbocycles. The summed E-state index contributed by atoms with van der Waals surface area (Å²) in [5.41, 5.74) is 0. The molecule has 0 aromatic carbocycles. The van der Waals surface area contributed by atoms with Gasteiger partial charge in [-0.15, -0.1) is 0 Å². The Hall–Kier alpha value is -0.870. The Morgan fingerprint density at radius 3 is 3.00 bits per heavy atom. The number of hydrogen-bond donors (Lipinski definition) is 2. The summed E-state index contributed by atoms with van der Waals surface area (Å²) in [6, 6.07) is 0. The molecule has 1 aromatic heterocycles. The number of imidazole rings is 1. The van der Waals surface area contributed by atoms with Gasteiger partial charge in [0.1, 0.15) is 12.4 Å². The molecule has 0 saturated carbocycles. The lowest BCUT2D eigenvalue weighted by molar-refractivity contribution is -0.677. The van der Waals surface area contributed by atoms with Crippen molar-refractivity contribution in [2.45, 2.75) is 6.42 Å². The van der Waals surface area contributed by atoms with E-state index in [9.17, 15) is 0 Å². The van der Waals surface area contributed by atoms with Gasteiger partial charge in [0.25, 0.3) is 5.82 Å². The van der Waals surface area contributed by atoms with Crippen molar-refractivity contribution >= 4 is 0 Å². The first-order valence-electron chi connectivity index (χ1n) is 4.05. The van der Waals surface area contributed by atoms with E-state index in [1.54, 1.807) is 0 Å². The molecule has 0 atom stereocenters. The van der Waals surface area contributed by atoms with Crippen molar-refractivity contribution in [1.82, 2.24) is 4.98 Å². The van der Waals surface area contributed by atoms with E-state index in [-0.39, 0.29) is 6.61 Å². The lowest BCUT2D eigenvalue weighted by atomic mass is 10.4. The number of rotatable bonds is 5. The SMILES string of the molecule is C[n+]1cc[nH]c1CCOCCO. The Balaban J connectivity index is 2.20. The van der Waals surface area contributed by atoms with Gasteiger partial charge in [-0.3, -0.25) is 0 Å². The standard InChI is InChI=1S/C8H14N2O2/c1-10-4-3-9-8(10)2-6-12-7-5-11/h3-4,11H,2,5-7H2,1H3/p+1. The number of aromatic amines is 1. The molecule has 0 amide bonds. The summed E-state index contributed by atoms with van der Waals surface area (Å²) in [5.74, 6) is 1.13. The number of aliphatic hydroxyl groups is 1. The summed E-state index contributed by atoms with van der Waals surface area (Å²) in [4.78, 5) is 3.10. The molecule has 1 rings (SSSR count). The van der Waals surface area contributed by atoms with Gasteiger partial charge in [-0.25, -0.2) is 9.55 Å². The van der Waals surface area contributed by atoms with Gasteiger partial charge in [-0.1, -0.05) is 0 Å². The largest absolute Gasteiger partial charge is 0.394 e. The molecule has 0 bridgehead atoms. The van der Waals surface area contributed by atoms with Gasteiger partial charge in [-0.05, 0) is 0 Å². The first-order chi connectivity index (χ1) is 5.84. The van der Waals surface area contributed by atoms with Crippen LogP contribution in [-0.2, 0) is 18.2 Å². The molecule has 0 saturated heterocycles. The second-order valence-electron chi connectivity index (χ2n) is 2.60. The van der Waals surface area contributed by atoms with Crippen LogP contribution in [0.25, 0.3) is 0 Å². The molecule has 0 spiro atoms. The van der Waals surface area contributed by atoms with Gasteiger partial charge in [0.15, 0.2) is 0 Å². The molecular formula is C8H15N2O2+. The van der Waals surface area contributed by atoms with Crippen LogP contribution in [-0.4, -0.2) is 29.9 Å². The number of hydrogen-bond acceptors (Lipinski definition) is 2. The Kier molecular flexibility index (Phi) is 3.76. The smallest absolute Gasteiger partial charge is 0.256 e. The second-order valence-corrected chi connectivity index (χ2v) is 2.60. The summed E-state index contributed by atoms with van der Waals surface area (Å²) in [6.45, 7) is 1.16. The zero-order chi connectivity index (χ0) is 8.81. The summed E-state index contributed by atoms with van der Waals surface area (Å²) in [7, 11) is 1.98. The molecule has 0 aliphatic rings. The Morgan fingerprint density at radius 2 is 2.42 bits per heavy atom. The second kappa shape index (κ2) is 4.90. The fourth-order valence-corrected chi connectivity index (χ4v) is 1.02. The zero-order valence-corrected chi connectivity index (χ0v) is 7.29. The van der Waals surface area contributed by atoms with Gasteiger partial charge in [-0.2, -0.15) is 0 Å². The molecule has 4 nitrogen and oxygen atoms in total. The Labute approximate surface area is 71.8 Å². The molecule has 0 radical (unpaired) electrons. The predicted molar refractivity (Wildman–Crippen MR) is 43.6 cm³/mol. The molecule has 2 N–H and O–H groups in total. The van der Waals surface area contributed by atoms with Crippen molar-refractivity contribution in [3.05, 3.63) is 18.2 Å². The van der Waals surface area contributed by atoms with Crippen molar-refractivity contribution in [3.8, 4) is 0 Å². The van der Waals surface area contributed by atoms with Crippen LogP contribution >= 0.6 is 0 Å². The average Bonchev–Trinajstić information content (AvgIpc) is 2.46. The number of nitrogens with one attached hydrogen (secondary N) is 1. The molecule has 0 fully saturated rings. The van der Waals surface area contributed by atoms with E-state index in [2.05, 4.69) is 4.98 Å². The summed E-state index contributed by atoms with van der Waals surface area (Å²) < 4.78 is 7.14. The molecule has 0 aliphatic heterocycles. The van der Waals surface area contributed by atoms with Gasteiger partial charge < -0.3 is 9.84 Å². The third kappa shape index (κ3) is 2.64. The Morgan fingerprint density at radius 1 is 1.58 bits per heavy atom. The minimum Gasteiger partial charge on any atom is -0.394 e. The van der Waals surface area contributed by atoms with E-state index in [4.69, 9.17) is 9.84 Å². The summed E-state index contributed by atoms with van der Waals surface area (Å²) in [6.07, 6.45) is 4.70. The van der Waals surface area contributed by atoms with E-state index in [0.29, 0.717) is 13.2 Å². The highest BCUT2D eigenvalue weighted by atomic mass is 16.5. The highest BCUT2D eigenvalue weighted by molar-refractivity contribution is 4.76. The van der Waals surface area contributed by atoms with Crippen LogP contribution in [0.5, 0.6) is 0 Å². The van der Waals surface area contributed by atoms with Crippen molar-refractivity contribution < 1.29 is 14.4 Å². The molecular weight excluding hydrogens is 156 g/mol. The zero-order valence-electron chi connectivity index (χ0n) is 7.29. The van der Waals surface area contributed by atoms with Crippen LogP contribution in [0.2, 0.25) is 0 Å². The summed E-state index contributed by atoms with van der Waals surface area (Å²) in [5, 5.41) is 8.44. The van der Waals surface area contributed by atoms with E-state index in [1.165, 1.54) is 0 Å². The number of aliphatic hydroxyl groups excluding tert-OH is 1. The fourth-order valence-electron chi connectivity index (χ4n) is 1.02. The topological polar surface area (TPSA) is 49.1 Å². The number of aromatic nitrogens is 2. The highest BCUT2D eigenvalue weighted by Gasteiger charge is 2.04. The average molecular weight is 171 g/mol. The van der Waals surface area contributed by atoms with Crippen LogP contribution in [0.4, 0.5) is 0 Å². The van der Waals surface area contributed by atoms with Crippen molar-refractivity contribution in [2.24, 2.45) is 7.05 Å². The number of aryl methyl sites for hydroxylation is 1. The number of ether oxygens (including phenoxy) is 1.